The lowest BCUT2D eigenvalue weighted by Gasteiger charge is -2.29. The number of nitrogens with zero attached hydrogens (tertiary/aromatic N) is 2. The second-order valence-corrected chi connectivity index (χ2v) is 15.1. The van der Waals surface area contributed by atoms with Gasteiger partial charge in [0.1, 0.15) is 22.1 Å². The predicted molar refractivity (Wildman–Crippen MR) is 169 cm³/mol. The van der Waals surface area contributed by atoms with E-state index in [0.717, 1.165) is 6.26 Å². The molecule has 3 unspecified atom stereocenters. The van der Waals surface area contributed by atoms with E-state index >= 15 is 0 Å². The maximum Gasteiger partial charge on any atom is 0.407 e. The summed E-state index contributed by atoms with van der Waals surface area (Å²) >= 11 is 0. The van der Waals surface area contributed by atoms with E-state index in [1.165, 1.54) is 46.9 Å². The van der Waals surface area contributed by atoms with Crippen LogP contribution in [0, 0.1) is 5.92 Å². The topological polar surface area (TPSA) is 126 Å². The van der Waals surface area contributed by atoms with E-state index in [-0.39, 0.29) is 41.5 Å². The van der Waals surface area contributed by atoms with Crippen LogP contribution in [-0.4, -0.2) is 71.2 Å². The fraction of sp³-hybridized carbons (Fsp3) is 0.406. The predicted octanol–water partition coefficient (Wildman–Crippen LogP) is 4.63. The van der Waals surface area contributed by atoms with Crippen molar-refractivity contribution in [1.82, 2.24) is 19.9 Å². The first-order valence-electron chi connectivity index (χ1n) is 14.8. The Morgan fingerprint density at radius 1 is 1.04 bits per heavy atom. The smallest absolute Gasteiger partial charge is 0.345 e. The van der Waals surface area contributed by atoms with Crippen LogP contribution in [0.3, 0.4) is 0 Å². The lowest BCUT2D eigenvalue weighted by atomic mass is 9.97. The highest BCUT2D eigenvalue weighted by molar-refractivity contribution is 7.90. The normalized spacial score (nSPS) is 18.5. The van der Waals surface area contributed by atoms with Crippen molar-refractivity contribution in [2.45, 2.75) is 67.3 Å². The van der Waals surface area contributed by atoms with Gasteiger partial charge in [0.15, 0.2) is 15.6 Å². The zero-order valence-corrected chi connectivity index (χ0v) is 27.3. The van der Waals surface area contributed by atoms with Gasteiger partial charge in [-0.3, -0.25) is 14.9 Å². The number of halogens is 3. The van der Waals surface area contributed by atoms with Crippen LogP contribution >= 0.6 is 0 Å². The number of ketones is 1. The third kappa shape index (κ3) is 9.30. The quantitative estimate of drug-likeness (QED) is 0.303. The molecule has 1 aromatic heterocycles. The minimum absolute atomic E-state index is 0.0832. The highest BCUT2D eigenvalue weighted by Gasteiger charge is 2.43. The summed E-state index contributed by atoms with van der Waals surface area (Å²) in [6.45, 7) is 3.69. The number of pyridine rings is 1. The molecule has 2 aromatic carbocycles. The molecule has 248 valence electrons. The number of carbonyl (C=O) groups is 2. The number of aromatic nitrogens is 1. The van der Waals surface area contributed by atoms with E-state index in [4.69, 9.17) is 0 Å². The van der Waals surface area contributed by atoms with Crippen LogP contribution in [0.25, 0.3) is 11.1 Å². The molecule has 9 nitrogen and oxygen atoms in total. The van der Waals surface area contributed by atoms with Crippen molar-refractivity contribution < 1.29 is 35.4 Å². The SMILES string of the molecule is CC(C)C[C@H](NC(c1ccc(-c2ccc(S(C)(=O)=O)cc2)cc1)C(F)(F)F)C(=O)NC1CCCN(S(=O)c2ccccn2)CC1=O. The summed E-state index contributed by atoms with van der Waals surface area (Å²) < 4.78 is 81.2. The summed E-state index contributed by atoms with van der Waals surface area (Å²) in [5.74, 6) is -1.25. The summed E-state index contributed by atoms with van der Waals surface area (Å²) in [6, 6.07) is 12.3. The van der Waals surface area contributed by atoms with Gasteiger partial charge in [-0.2, -0.15) is 13.2 Å². The molecule has 0 spiro atoms. The molecular weight excluding hydrogens is 642 g/mol. The second-order valence-electron chi connectivity index (χ2n) is 11.7. The van der Waals surface area contributed by atoms with Gasteiger partial charge < -0.3 is 5.32 Å². The number of benzene rings is 2. The first kappa shape index (κ1) is 35.4. The van der Waals surface area contributed by atoms with Crippen LogP contribution < -0.4 is 10.6 Å². The van der Waals surface area contributed by atoms with Gasteiger partial charge in [0.05, 0.1) is 23.5 Å². The van der Waals surface area contributed by atoms with Crippen molar-refractivity contribution in [3.05, 3.63) is 78.5 Å². The number of nitrogens with one attached hydrogen (secondary N) is 2. The van der Waals surface area contributed by atoms with Gasteiger partial charge in [-0.15, -0.1) is 0 Å². The molecule has 2 N–H and O–H groups in total. The minimum Gasteiger partial charge on any atom is -0.345 e. The Kier molecular flexibility index (Phi) is 11.5. The highest BCUT2D eigenvalue weighted by Crippen LogP contribution is 2.35. The zero-order valence-electron chi connectivity index (χ0n) is 25.7. The zero-order chi connectivity index (χ0) is 33.6. The first-order chi connectivity index (χ1) is 21.6. The summed E-state index contributed by atoms with van der Waals surface area (Å²) in [5.41, 5.74) is 1.11. The number of sulfone groups is 1. The standard InChI is InChI=1S/C32H37F3N4O5S2/c1-21(2)19-27(31(41)38-26-7-6-18-39(20-28(26)40)45(42)29-8-4-5-17-36-29)37-30(32(33,34)35)24-11-9-22(10-12-24)23-13-15-25(16-14-23)46(3,43)44/h4-5,8-17,21,26-27,30,37H,6-7,18-20H2,1-3H3,(H,38,41)/t26?,27-,30?,45?/m0/s1. The molecule has 0 bridgehead atoms. The molecule has 1 amide bonds. The van der Waals surface area contributed by atoms with Crippen molar-refractivity contribution in [3.8, 4) is 11.1 Å². The van der Waals surface area contributed by atoms with Crippen molar-refractivity contribution in [2.24, 2.45) is 5.92 Å². The van der Waals surface area contributed by atoms with Gasteiger partial charge in [-0.1, -0.05) is 56.3 Å². The Hall–Kier alpha value is -3.46. The molecule has 1 aliphatic heterocycles. The van der Waals surface area contributed by atoms with Crippen molar-refractivity contribution in [3.63, 3.8) is 0 Å². The average molecular weight is 679 g/mol. The van der Waals surface area contributed by atoms with Crippen LogP contribution in [0.5, 0.6) is 0 Å². The third-order valence-electron chi connectivity index (χ3n) is 7.57. The Balaban J connectivity index is 1.49. The fourth-order valence-corrected chi connectivity index (χ4v) is 6.99. The molecule has 46 heavy (non-hydrogen) atoms. The lowest BCUT2D eigenvalue weighted by molar-refractivity contribution is -0.161. The molecule has 1 aliphatic rings. The van der Waals surface area contributed by atoms with Crippen LogP contribution in [0.4, 0.5) is 13.2 Å². The number of amides is 1. The molecule has 4 rings (SSSR count). The number of rotatable bonds is 11. The van der Waals surface area contributed by atoms with E-state index < -0.39 is 51.0 Å². The number of Topliss-reactive ketones (excluding diaryl/α,β-unsaturated/α-hetero) is 1. The van der Waals surface area contributed by atoms with E-state index in [1.54, 1.807) is 44.2 Å². The molecule has 0 saturated carbocycles. The van der Waals surface area contributed by atoms with Gasteiger partial charge in [0, 0.05) is 19.0 Å². The van der Waals surface area contributed by atoms with Crippen molar-refractivity contribution in [1.29, 1.82) is 0 Å². The van der Waals surface area contributed by atoms with Gasteiger partial charge in [-0.25, -0.2) is 21.9 Å². The fourth-order valence-electron chi connectivity index (χ4n) is 5.21. The van der Waals surface area contributed by atoms with Gasteiger partial charge in [0.2, 0.25) is 5.91 Å². The van der Waals surface area contributed by atoms with E-state index in [1.807, 2.05) is 0 Å². The maximum absolute atomic E-state index is 14.4. The van der Waals surface area contributed by atoms with Crippen LogP contribution in [0.2, 0.25) is 0 Å². The Morgan fingerprint density at radius 2 is 1.67 bits per heavy atom. The Morgan fingerprint density at radius 3 is 2.22 bits per heavy atom. The Bertz CT molecular complexity index is 1630. The maximum atomic E-state index is 14.4. The number of hydrogen-bond donors (Lipinski definition) is 2. The third-order valence-corrected chi connectivity index (χ3v) is 10.1. The average Bonchev–Trinajstić information content (AvgIpc) is 3.19. The molecule has 1 saturated heterocycles. The summed E-state index contributed by atoms with van der Waals surface area (Å²) in [6.07, 6.45) is -1.38. The van der Waals surface area contributed by atoms with Crippen LogP contribution in [0.1, 0.15) is 44.7 Å². The lowest BCUT2D eigenvalue weighted by Crippen LogP contribution is -2.53. The summed E-state index contributed by atoms with van der Waals surface area (Å²) in [5, 5.41) is 5.48. The van der Waals surface area contributed by atoms with Crippen LogP contribution in [0.15, 0.2) is 82.8 Å². The molecule has 1 fully saturated rings. The largest absolute Gasteiger partial charge is 0.407 e. The van der Waals surface area contributed by atoms with Crippen molar-refractivity contribution in [2.75, 3.05) is 19.3 Å². The summed E-state index contributed by atoms with van der Waals surface area (Å²) in [4.78, 5) is 30.8. The van der Waals surface area contributed by atoms with E-state index in [9.17, 15) is 35.4 Å². The molecule has 3 aromatic rings. The molecule has 4 atom stereocenters. The summed E-state index contributed by atoms with van der Waals surface area (Å²) in [7, 11) is -5.07. The number of carbonyl (C=O) groups excluding carboxylic acids is 2. The first-order valence-corrected chi connectivity index (χ1v) is 17.8. The van der Waals surface area contributed by atoms with Gasteiger partial charge in [0.25, 0.3) is 0 Å². The molecular formula is C32H37F3N4O5S2. The van der Waals surface area contributed by atoms with Gasteiger partial charge in [-0.05, 0) is 66.1 Å². The molecule has 14 heteroatoms. The monoisotopic (exact) mass is 678 g/mol. The van der Waals surface area contributed by atoms with Gasteiger partial charge >= 0.3 is 6.18 Å². The molecule has 0 aliphatic carbocycles. The minimum atomic E-state index is -4.75. The second kappa shape index (κ2) is 15.0. The Labute approximate surface area is 269 Å². The number of hydrogen-bond acceptors (Lipinski definition) is 7. The van der Waals surface area contributed by atoms with E-state index in [2.05, 4.69) is 15.6 Å². The molecule has 2 heterocycles. The number of alkyl halides is 3. The van der Waals surface area contributed by atoms with Crippen molar-refractivity contribution >= 4 is 32.5 Å². The van der Waals surface area contributed by atoms with Crippen LogP contribution in [-0.2, 0) is 30.4 Å². The highest BCUT2D eigenvalue weighted by atomic mass is 32.2. The molecule has 0 radical (unpaired) electrons. The van der Waals surface area contributed by atoms with E-state index in [0.29, 0.717) is 29.1 Å².